The Hall–Kier alpha value is -1.50. The quantitative estimate of drug-likeness (QED) is 0.419. The van der Waals surface area contributed by atoms with E-state index in [2.05, 4.69) is 5.32 Å². The summed E-state index contributed by atoms with van der Waals surface area (Å²) in [5.74, 6) is 0. The van der Waals surface area contributed by atoms with Gasteiger partial charge in [-0.3, -0.25) is 10.1 Å². The molecule has 0 amide bonds. The van der Waals surface area contributed by atoms with Gasteiger partial charge in [-0.05, 0) is 5.56 Å². The number of nitro benzene ring substituents is 1. The lowest BCUT2D eigenvalue weighted by Crippen LogP contribution is -2.25. The van der Waals surface area contributed by atoms with Crippen molar-refractivity contribution in [2.75, 3.05) is 26.8 Å². The van der Waals surface area contributed by atoms with Gasteiger partial charge < -0.3 is 15.2 Å². The lowest BCUT2D eigenvalue weighted by Gasteiger charge is -2.11. The van der Waals surface area contributed by atoms with Gasteiger partial charge in [-0.1, -0.05) is 12.1 Å². The number of aliphatic hydroxyl groups is 1. The maximum absolute atomic E-state index is 10.6. The van der Waals surface area contributed by atoms with Crippen LogP contribution in [-0.2, 0) is 4.74 Å². The number of methoxy groups -OCH3 is 1. The van der Waals surface area contributed by atoms with Gasteiger partial charge in [0.1, 0.15) is 0 Å². The minimum absolute atomic E-state index is 0.0153. The summed E-state index contributed by atoms with van der Waals surface area (Å²) >= 11 is 0. The molecule has 0 heterocycles. The molecule has 0 saturated carbocycles. The van der Waals surface area contributed by atoms with Crippen LogP contribution in [0.15, 0.2) is 24.3 Å². The Kier molecular flexibility index (Phi) is 5.55. The van der Waals surface area contributed by atoms with Crippen molar-refractivity contribution in [2.45, 2.75) is 6.10 Å². The maximum Gasteiger partial charge on any atom is 0.269 e. The van der Waals surface area contributed by atoms with E-state index in [1.165, 1.54) is 12.1 Å². The molecule has 6 heteroatoms. The summed E-state index contributed by atoms with van der Waals surface area (Å²) in [6, 6.07) is 6.00. The maximum atomic E-state index is 10.6. The Morgan fingerprint density at radius 2 is 2.35 bits per heavy atom. The number of benzene rings is 1. The zero-order valence-electron chi connectivity index (χ0n) is 9.63. The van der Waals surface area contributed by atoms with Gasteiger partial charge in [-0.25, -0.2) is 0 Å². The fourth-order valence-electron chi connectivity index (χ4n) is 1.38. The van der Waals surface area contributed by atoms with E-state index in [4.69, 9.17) is 4.74 Å². The van der Waals surface area contributed by atoms with E-state index in [1.54, 1.807) is 19.2 Å². The molecular formula is C11H16N2O4. The number of non-ortho nitro benzene ring substituents is 1. The smallest absolute Gasteiger partial charge is 0.269 e. The van der Waals surface area contributed by atoms with Gasteiger partial charge in [0.05, 0.1) is 17.6 Å². The Morgan fingerprint density at radius 3 is 3.00 bits per heavy atom. The molecular weight excluding hydrogens is 224 g/mol. The van der Waals surface area contributed by atoms with Crippen LogP contribution in [0.1, 0.15) is 11.7 Å². The molecule has 0 aliphatic carbocycles. The number of ether oxygens (including phenoxy) is 1. The number of hydrogen-bond donors (Lipinski definition) is 2. The third-order valence-electron chi connectivity index (χ3n) is 2.29. The lowest BCUT2D eigenvalue weighted by molar-refractivity contribution is -0.385. The van der Waals surface area contributed by atoms with Gasteiger partial charge in [0.15, 0.2) is 0 Å². The number of hydrogen-bond acceptors (Lipinski definition) is 5. The molecule has 0 fully saturated rings. The minimum atomic E-state index is -0.758. The highest BCUT2D eigenvalue weighted by Crippen LogP contribution is 2.18. The van der Waals surface area contributed by atoms with Crippen LogP contribution in [0.25, 0.3) is 0 Å². The average Bonchev–Trinajstić information content (AvgIpc) is 2.34. The van der Waals surface area contributed by atoms with Gasteiger partial charge >= 0.3 is 0 Å². The lowest BCUT2D eigenvalue weighted by atomic mass is 10.1. The monoisotopic (exact) mass is 240 g/mol. The first-order valence-corrected chi connectivity index (χ1v) is 5.27. The predicted molar refractivity (Wildman–Crippen MR) is 62.8 cm³/mol. The molecule has 0 radical (unpaired) electrons. The van der Waals surface area contributed by atoms with Gasteiger partial charge in [-0.2, -0.15) is 0 Å². The molecule has 2 N–H and O–H groups in total. The van der Waals surface area contributed by atoms with Gasteiger partial charge in [0.2, 0.25) is 0 Å². The molecule has 0 aliphatic heterocycles. The molecule has 1 atom stereocenters. The number of nitrogens with one attached hydrogen (secondary N) is 1. The molecule has 1 aromatic rings. The molecule has 0 saturated heterocycles. The van der Waals surface area contributed by atoms with Crippen LogP contribution in [0.4, 0.5) is 5.69 Å². The van der Waals surface area contributed by atoms with E-state index in [-0.39, 0.29) is 5.69 Å². The Bertz CT molecular complexity index is 370. The van der Waals surface area contributed by atoms with E-state index < -0.39 is 11.0 Å². The van der Waals surface area contributed by atoms with E-state index in [9.17, 15) is 15.2 Å². The van der Waals surface area contributed by atoms with Crippen LogP contribution in [0.5, 0.6) is 0 Å². The second-order valence-electron chi connectivity index (χ2n) is 3.56. The summed E-state index contributed by atoms with van der Waals surface area (Å²) in [6.45, 7) is 1.52. The highest BCUT2D eigenvalue weighted by Gasteiger charge is 2.11. The van der Waals surface area contributed by atoms with Crippen LogP contribution >= 0.6 is 0 Å². The SMILES string of the molecule is COCCNCC(O)c1cccc([N+](=O)[O-])c1. The van der Waals surface area contributed by atoms with Crippen molar-refractivity contribution >= 4 is 5.69 Å². The van der Waals surface area contributed by atoms with Crippen molar-refractivity contribution in [3.63, 3.8) is 0 Å². The summed E-state index contributed by atoms with van der Waals surface area (Å²) in [4.78, 5) is 10.1. The van der Waals surface area contributed by atoms with Gasteiger partial charge in [-0.15, -0.1) is 0 Å². The fourth-order valence-corrected chi connectivity index (χ4v) is 1.38. The van der Waals surface area contributed by atoms with Crippen LogP contribution in [0, 0.1) is 10.1 Å². The average molecular weight is 240 g/mol. The van der Waals surface area contributed by atoms with E-state index >= 15 is 0 Å². The molecule has 0 bridgehead atoms. The van der Waals surface area contributed by atoms with Crippen LogP contribution in [-0.4, -0.2) is 36.8 Å². The van der Waals surface area contributed by atoms with Crippen LogP contribution < -0.4 is 5.32 Å². The van der Waals surface area contributed by atoms with Crippen molar-refractivity contribution in [2.24, 2.45) is 0 Å². The van der Waals surface area contributed by atoms with Crippen molar-refractivity contribution in [3.8, 4) is 0 Å². The zero-order chi connectivity index (χ0) is 12.7. The molecule has 0 spiro atoms. The molecule has 6 nitrogen and oxygen atoms in total. The Labute approximate surface area is 99.4 Å². The minimum Gasteiger partial charge on any atom is -0.387 e. The van der Waals surface area contributed by atoms with Crippen LogP contribution in [0.3, 0.4) is 0 Å². The van der Waals surface area contributed by atoms with E-state index in [1.807, 2.05) is 0 Å². The molecule has 0 aromatic heterocycles. The van der Waals surface area contributed by atoms with Gasteiger partial charge in [0.25, 0.3) is 5.69 Å². The largest absolute Gasteiger partial charge is 0.387 e. The normalized spacial score (nSPS) is 12.4. The first kappa shape index (κ1) is 13.6. The predicted octanol–water partition coefficient (Wildman–Crippen LogP) is 0.864. The van der Waals surface area contributed by atoms with Crippen molar-refractivity contribution in [1.82, 2.24) is 5.32 Å². The number of aliphatic hydroxyl groups excluding tert-OH is 1. The summed E-state index contributed by atoms with van der Waals surface area (Å²) in [5, 5.41) is 23.4. The second-order valence-corrected chi connectivity index (χ2v) is 3.56. The number of nitrogens with zero attached hydrogens (tertiary/aromatic N) is 1. The molecule has 0 aliphatic rings. The van der Waals surface area contributed by atoms with Gasteiger partial charge in [0, 0.05) is 32.3 Å². The molecule has 1 aromatic carbocycles. The third kappa shape index (κ3) is 4.48. The third-order valence-corrected chi connectivity index (χ3v) is 2.29. The summed E-state index contributed by atoms with van der Waals surface area (Å²) in [5.41, 5.74) is 0.516. The van der Waals surface area contributed by atoms with Crippen molar-refractivity contribution in [1.29, 1.82) is 0 Å². The Balaban J connectivity index is 2.53. The van der Waals surface area contributed by atoms with Crippen molar-refractivity contribution < 1.29 is 14.8 Å². The number of nitro groups is 1. The van der Waals surface area contributed by atoms with Crippen molar-refractivity contribution in [3.05, 3.63) is 39.9 Å². The zero-order valence-corrected chi connectivity index (χ0v) is 9.63. The first-order valence-electron chi connectivity index (χ1n) is 5.27. The topological polar surface area (TPSA) is 84.6 Å². The summed E-state index contributed by atoms with van der Waals surface area (Å²) in [7, 11) is 1.60. The second kappa shape index (κ2) is 6.95. The van der Waals surface area contributed by atoms with Crippen LogP contribution in [0.2, 0.25) is 0 Å². The molecule has 94 valence electrons. The van der Waals surface area contributed by atoms with E-state index in [0.29, 0.717) is 25.3 Å². The highest BCUT2D eigenvalue weighted by atomic mass is 16.6. The highest BCUT2D eigenvalue weighted by molar-refractivity contribution is 5.35. The Morgan fingerprint density at radius 1 is 1.59 bits per heavy atom. The summed E-state index contributed by atoms with van der Waals surface area (Å²) < 4.78 is 4.85. The summed E-state index contributed by atoms with van der Waals surface area (Å²) in [6.07, 6.45) is -0.758. The molecule has 1 rings (SSSR count). The molecule has 1 unspecified atom stereocenters. The van der Waals surface area contributed by atoms with E-state index in [0.717, 1.165) is 0 Å². The molecule has 17 heavy (non-hydrogen) atoms. The number of rotatable bonds is 7. The first-order chi connectivity index (χ1) is 8.15. The fraction of sp³-hybridized carbons (Fsp3) is 0.455. The standard InChI is InChI=1S/C11H16N2O4/c1-17-6-5-12-8-11(14)9-3-2-4-10(7-9)13(15)16/h2-4,7,11-12,14H,5-6,8H2,1H3.